The first-order chi connectivity index (χ1) is 8.19. The summed E-state index contributed by atoms with van der Waals surface area (Å²) in [6, 6.07) is 6.83. The Labute approximate surface area is 108 Å². The lowest BCUT2D eigenvalue weighted by Gasteiger charge is -2.32. The second-order valence-electron chi connectivity index (χ2n) is 4.80. The molecular formula is C14H20ClNO. The Hall–Kier alpha value is -0.730. The molecule has 1 aliphatic rings. The van der Waals surface area contributed by atoms with Crippen LogP contribution in [0.4, 0.5) is 5.69 Å². The van der Waals surface area contributed by atoms with Crippen molar-refractivity contribution in [1.82, 2.24) is 0 Å². The average molecular weight is 254 g/mol. The van der Waals surface area contributed by atoms with Gasteiger partial charge in [-0.1, -0.05) is 30.7 Å². The van der Waals surface area contributed by atoms with E-state index in [2.05, 4.69) is 18.7 Å². The van der Waals surface area contributed by atoms with Gasteiger partial charge in [0.15, 0.2) is 0 Å². The van der Waals surface area contributed by atoms with Gasteiger partial charge in [-0.3, -0.25) is 0 Å². The zero-order valence-electron chi connectivity index (χ0n) is 10.5. The van der Waals surface area contributed by atoms with Gasteiger partial charge in [-0.15, -0.1) is 0 Å². The van der Waals surface area contributed by atoms with Gasteiger partial charge in [-0.25, -0.2) is 0 Å². The number of para-hydroxylation sites is 1. The minimum atomic E-state index is 0.0511. The molecule has 1 N–H and O–H groups in total. The van der Waals surface area contributed by atoms with Crippen LogP contribution in [0.1, 0.15) is 38.7 Å². The van der Waals surface area contributed by atoms with E-state index in [1.54, 1.807) is 0 Å². The summed E-state index contributed by atoms with van der Waals surface area (Å²) in [7, 11) is 0. The standard InChI is InChI=1S/C14H20ClNO/c1-3-12-8-7-10(2)16(12)14-11(9-17)5-4-6-13(14)15/h4-6,10,12,17H,3,7-9H2,1-2H3. The van der Waals surface area contributed by atoms with E-state index in [0.29, 0.717) is 12.1 Å². The Balaban J connectivity index is 2.44. The molecule has 17 heavy (non-hydrogen) atoms. The van der Waals surface area contributed by atoms with Gasteiger partial charge in [0, 0.05) is 17.6 Å². The summed E-state index contributed by atoms with van der Waals surface area (Å²) >= 11 is 6.32. The van der Waals surface area contributed by atoms with E-state index < -0.39 is 0 Å². The van der Waals surface area contributed by atoms with Crippen molar-refractivity contribution >= 4 is 17.3 Å². The van der Waals surface area contributed by atoms with Crippen molar-refractivity contribution in [2.45, 2.75) is 51.8 Å². The molecule has 2 atom stereocenters. The molecule has 0 bridgehead atoms. The molecule has 2 rings (SSSR count). The average Bonchev–Trinajstić information content (AvgIpc) is 2.70. The third kappa shape index (κ3) is 2.29. The van der Waals surface area contributed by atoms with Crippen LogP contribution in [0.25, 0.3) is 0 Å². The van der Waals surface area contributed by atoms with Crippen molar-refractivity contribution in [3.63, 3.8) is 0 Å². The van der Waals surface area contributed by atoms with Crippen molar-refractivity contribution < 1.29 is 5.11 Å². The summed E-state index contributed by atoms with van der Waals surface area (Å²) in [5.41, 5.74) is 1.97. The summed E-state index contributed by atoms with van der Waals surface area (Å²) in [6.45, 7) is 4.50. The predicted molar refractivity (Wildman–Crippen MR) is 72.6 cm³/mol. The van der Waals surface area contributed by atoms with Crippen LogP contribution < -0.4 is 4.90 Å². The predicted octanol–water partition coefficient (Wildman–Crippen LogP) is 3.60. The summed E-state index contributed by atoms with van der Waals surface area (Å²) in [6.07, 6.45) is 3.54. The first kappa shape index (κ1) is 12.7. The molecule has 2 unspecified atom stereocenters. The van der Waals surface area contributed by atoms with Crippen LogP contribution in [0.5, 0.6) is 0 Å². The number of benzene rings is 1. The lowest BCUT2D eigenvalue weighted by atomic mass is 10.1. The normalized spacial score (nSPS) is 24.4. The van der Waals surface area contributed by atoms with Crippen molar-refractivity contribution in [3.8, 4) is 0 Å². The van der Waals surface area contributed by atoms with Crippen LogP contribution in [-0.2, 0) is 6.61 Å². The monoisotopic (exact) mass is 253 g/mol. The van der Waals surface area contributed by atoms with Crippen molar-refractivity contribution in [3.05, 3.63) is 28.8 Å². The molecular weight excluding hydrogens is 234 g/mol. The van der Waals surface area contributed by atoms with E-state index in [4.69, 9.17) is 11.6 Å². The van der Waals surface area contributed by atoms with Crippen LogP contribution in [0.15, 0.2) is 18.2 Å². The van der Waals surface area contributed by atoms with E-state index >= 15 is 0 Å². The van der Waals surface area contributed by atoms with Crippen molar-refractivity contribution in [1.29, 1.82) is 0 Å². The number of aliphatic hydroxyl groups is 1. The number of rotatable bonds is 3. The van der Waals surface area contributed by atoms with Gasteiger partial charge in [-0.05, 0) is 32.3 Å². The lowest BCUT2D eigenvalue weighted by molar-refractivity contribution is 0.282. The van der Waals surface area contributed by atoms with Gasteiger partial charge in [0.1, 0.15) is 0 Å². The first-order valence-corrected chi connectivity index (χ1v) is 6.73. The van der Waals surface area contributed by atoms with E-state index in [1.807, 2.05) is 18.2 Å². The largest absolute Gasteiger partial charge is 0.392 e. The van der Waals surface area contributed by atoms with E-state index in [0.717, 1.165) is 22.7 Å². The van der Waals surface area contributed by atoms with E-state index in [1.165, 1.54) is 12.8 Å². The van der Waals surface area contributed by atoms with Crippen LogP contribution in [0.3, 0.4) is 0 Å². The molecule has 1 fully saturated rings. The number of anilines is 1. The van der Waals surface area contributed by atoms with E-state index in [9.17, 15) is 5.11 Å². The molecule has 2 nitrogen and oxygen atoms in total. The maximum atomic E-state index is 9.46. The Morgan fingerprint density at radius 1 is 1.41 bits per heavy atom. The minimum Gasteiger partial charge on any atom is -0.392 e. The molecule has 1 heterocycles. The minimum absolute atomic E-state index is 0.0511. The molecule has 0 amide bonds. The maximum absolute atomic E-state index is 9.46. The Kier molecular flexibility index (Phi) is 3.95. The lowest BCUT2D eigenvalue weighted by Crippen LogP contribution is -2.35. The molecule has 3 heteroatoms. The highest BCUT2D eigenvalue weighted by Crippen LogP contribution is 2.38. The summed E-state index contributed by atoms with van der Waals surface area (Å²) in [5, 5.41) is 10.2. The molecule has 0 aliphatic carbocycles. The Morgan fingerprint density at radius 3 is 2.82 bits per heavy atom. The van der Waals surface area contributed by atoms with Gasteiger partial charge in [-0.2, -0.15) is 0 Å². The number of aliphatic hydroxyl groups excluding tert-OH is 1. The molecule has 0 radical (unpaired) electrons. The highest BCUT2D eigenvalue weighted by atomic mass is 35.5. The van der Waals surface area contributed by atoms with E-state index in [-0.39, 0.29) is 6.61 Å². The number of hydrogen-bond donors (Lipinski definition) is 1. The fraction of sp³-hybridized carbons (Fsp3) is 0.571. The topological polar surface area (TPSA) is 23.5 Å². The third-order valence-electron chi connectivity index (χ3n) is 3.76. The van der Waals surface area contributed by atoms with Gasteiger partial charge < -0.3 is 10.0 Å². The maximum Gasteiger partial charge on any atom is 0.0702 e. The Bertz CT molecular complexity index is 394. The smallest absolute Gasteiger partial charge is 0.0702 e. The molecule has 0 spiro atoms. The van der Waals surface area contributed by atoms with Crippen LogP contribution in [0.2, 0.25) is 5.02 Å². The van der Waals surface area contributed by atoms with Gasteiger partial charge >= 0.3 is 0 Å². The summed E-state index contributed by atoms with van der Waals surface area (Å²) in [5.74, 6) is 0. The van der Waals surface area contributed by atoms with Crippen LogP contribution >= 0.6 is 11.6 Å². The zero-order valence-corrected chi connectivity index (χ0v) is 11.2. The zero-order chi connectivity index (χ0) is 12.4. The molecule has 0 saturated carbocycles. The number of halogens is 1. The SMILES string of the molecule is CCC1CCC(C)N1c1c(Cl)cccc1CO. The Morgan fingerprint density at radius 2 is 2.18 bits per heavy atom. The highest BCUT2D eigenvalue weighted by Gasteiger charge is 2.31. The molecule has 0 aromatic heterocycles. The molecule has 1 saturated heterocycles. The molecule has 94 valence electrons. The van der Waals surface area contributed by atoms with Crippen molar-refractivity contribution in [2.24, 2.45) is 0 Å². The summed E-state index contributed by atoms with van der Waals surface area (Å²) < 4.78 is 0. The third-order valence-corrected chi connectivity index (χ3v) is 4.06. The fourth-order valence-electron chi connectivity index (χ4n) is 2.85. The number of hydrogen-bond acceptors (Lipinski definition) is 2. The van der Waals surface area contributed by atoms with Gasteiger partial charge in [0.25, 0.3) is 0 Å². The quantitative estimate of drug-likeness (QED) is 0.890. The van der Waals surface area contributed by atoms with Crippen LogP contribution in [-0.4, -0.2) is 17.2 Å². The second-order valence-corrected chi connectivity index (χ2v) is 5.21. The van der Waals surface area contributed by atoms with Gasteiger partial charge in [0.2, 0.25) is 0 Å². The van der Waals surface area contributed by atoms with Crippen LogP contribution in [0, 0.1) is 0 Å². The second kappa shape index (κ2) is 5.28. The first-order valence-electron chi connectivity index (χ1n) is 6.35. The highest BCUT2D eigenvalue weighted by molar-refractivity contribution is 6.33. The van der Waals surface area contributed by atoms with Crippen molar-refractivity contribution in [2.75, 3.05) is 4.90 Å². The fourth-order valence-corrected chi connectivity index (χ4v) is 3.14. The molecule has 1 aliphatic heterocycles. The van der Waals surface area contributed by atoms with Gasteiger partial charge in [0.05, 0.1) is 17.3 Å². The number of nitrogens with zero attached hydrogens (tertiary/aromatic N) is 1. The molecule has 1 aromatic rings. The molecule has 1 aromatic carbocycles. The summed E-state index contributed by atoms with van der Waals surface area (Å²) in [4.78, 5) is 2.40.